The van der Waals surface area contributed by atoms with Crippen molar-refractivity contribution in [1.82, 2.24) is 4.98 Å². The van der Waals surface area contributed by atoms with Gasteiger partial charge >= 0.3 is 0 Å². The zero-order valence-corrected chi connectivity index (χ0v) is 14.0. The number of benzene rings is 1. The lowest BCUT2D eigenvalue weighted by atomic mass is 9.66. The lowest BCUT2D eigenvalue weighted by Gasteiger charge is -2.33. The van der Waals surface area contributed by atoms with Crippen LogP contribution in [0, 0.1) is 10.1 Å². The highest BCUT2D eigenvalue weighted by atomic mass is 35.5. The molecule has 1 aromatic carbocycles. The quantitative estimate of drug-likeness (QED) is 0.357. The second kappa shape index (κ2) is 6.72. The van der Waals surface area contributed by atoms with E-state index in [1.54, 1.807) is 18.2 Å². The van der Waals surface area contributed by atoms with Gasteiger partial charge in [0, 0.05) is 24.2 Å². The number of hydrogen-bond acceptors (Lipinski definition) is 5. The molecule has 6 nitrogen and oxygen atoms in total. The molecule has 1 saturated carbocycles. The van der Waals surface area contributed by atoms with E-state index in [0.717, 1.165) is 12.5 Å². The summed E-state index contributed by atoms with van der Waals surface area (Å²) >= 11 is 5.83. The fraction of sp³-hybridized carbons (Fsp3) is 0.278. The fourth-order valence-electron chi connectivity index (χ4n) is 3.31. The van der Waals surface area contributed by atoms with E-state index in [1.165, 1.54) is 18.3 Å². The monoisotopic (exact) mass is 358 g/mol. The van der Waals surface area contributed by atoms with Crippen LogP contribution in [-0.2, 0) is 10.2 Å². The molecule has 1 unspecified atom stereocenters. The number of pyridine rings is 1. The maximum absolute atomic E-state index is 13.3. The number of ketones is 2. The number of hydrogen-bond donors (Lipinski definition) is 0. The van der Waals surface area contributed by atoms with Crippen LogP contribution in [0.5, 0.6) is 0 Å². The minimum atomic E-state index is -1.39. The Labute approximate surface area is 149 Å². The van der Waals surface area contributed by atoms with Crippen molar-refractivity contribution < 1.29 is 14.5 Å². The molecule has 1 aliphatic carbocycles. The molecule has 3 rings (SSSR count). The summed E-state index contributed by atoms with van der Waals surface area (Å²) in [5.41, 5.74) is -1.26. The van der Waals surface area contributed by atoms with Gasteiger partial charge < -0.3 is 0 Å². The minimum Gasteiger partial charge on any atom is -0.298 e. The van der Waals surface area contributed by atoms with Gasteiger partial charge in [0.1, 0.15) is 10.4 Å². The highest BCUT2D eigenvalue weighted by Crippen LogP contribution is 2.39. The summed E-state index contributed by atoms with van der Waals surface area (Å²) in [5, 5.41) is 11.1. The predicted molar refractivity (Wildman–Crippen MR) is 91.8 cm³/mol. The number of carbonyl (C=O) groups is 2. The summed E-state index contributed by atoms with van der Waals surface area (Å²) in [6, 6.07) is 8.96. The Bertz CT molecular complexity index is 853. The summed E-state index contributed by atoms with van der Waals surface area (Å²) < 4.78 is 0. The Morgan fingerprint density at radius 1 is 1.24 bits per heavy atom. The largest absolute Gasteiger partial charge is 0.298 e. The third-order valence-electron chi connectivity index (χ3n) is 4.58. The lowest BCUT2D eigenvalue weighted by molar-refractivity contribution is -0.384. The molecule has 7 heteroatoms. The zero-order chi connectivity index (χ0) is 18.0. The van der Waals surface area contributed by atoms with Crippen molar-refractivity contribution >= 4 is 28.9 Å². The summed E-state index contributed by atoms with van der Waals surface area (Å²) in [6.07, 6.45) is 3.61. The van der Waals surface area contributed by atoms with Crippen LogP contribution in [0.2, 0.25) is 5.02 Å². The number of halogens is 1. The number of nitrogens with zero attached hydrogens (tertiary/aromatic N) is 2. The SMILES string of the molecule is O=C1CCCCC1(C(=O)c1ccc(Cl)c([N+](=O)[O-])c1)c1ccccn1. The Kier molecular flexibility index (Phi) is 4.63. The van der Waals surface area contributed by atoms with Gasteiger partial charge in [0.2, 0.25) is 0 Å². The summed E-state index contributed by atoms with van der Waals surface area (Å²) in [7, 11) is 0. The predicted octanol–water partition coefficient (Wildman–Crippen LogP) is 3.91. The Morgan fingerprint density at radius 3 is 2.68 bits per heavy atom. The molecular formula is C18H15ClN2O4. The van der Waals surface area contributed by atoms with Gasteiger partial charge in [0.25, 0.3) is 5.69 Å². The molecular weight excluding hydrogens is 344 g/mol. The third kappa shape index (κ3) is 2.93. The van der Waals surface area contributed by atoms with E-state index in [-0.39, 0.29) is 28.5 Å². The van der Waals surface area contributed by atoms with Crippen LogP contribution in [0.15, 0.2) is 42.6 Å². The Morgan fingerprint density at radius 2 is 2.04 bits per heavy atom. The van der Waals surface area contributed by atoms with E-state index in [9.17, 15) is 19.7 Å². The topological polar surface area (TPSA) is 90.2 Å². The number of carbonyl (C=O) groups excluding carboxylic acids is 2. The van der Waals surface area contributed by atoms with Crippen molar-refractivity contribution in [2.45, 2.75) is 31.1 Å². The molecule has 1 fully saturated rings. The van der Waals surface area contributed by atoms with Crippen molar-refractivity contribution in [3.05, 3.63) is 69.0 Å². The summed E-state index contributed by atoms with van der Waals surface area (Å²) in [6.45, 7) is 0. The standard InChI is InChI=1S/C18H15ClN2O4/c19-13-8-7-12(11-14(13)21(24)25)17(23)18(9-3-1-6-16(18)22)15-5-2-4-10-20-15/h2,4-5,7-8,10-11H,1,3,6,9H2. The molecule has 0 saturated heterocycles. The van der Waals surface area contributed by atoms with Crippen molar-refractivity contribution in [2.24, 2.45) is 0 Å². The minimum absolute atomic E-state index is 0.0524. The Balaban J connectivity index is 2.15. The van der Waals surface area contributed by atoms with Crippen molar-refractivity contribution in [3.63, 3.8) is 0 Å². The first-order valence-electron chi connectivity index (χ1n) is 7.90. The van der Waals surface area contributed by atoms with Crippen LogP contribution in [0.4, 0.5) is 5.69 Å². The summed E-state index contributed by atoms with van der Waals surface area (Å²) in [4.78, 5) is 40.8. The van der Waals surface area contributed by atoms with Crippen LogP contribution < -0.4 is 0 Å². The van der Waals surface area contributed by atoms with Crippen LogP contribution >= 0.6 is 11.6 Å². The van der Waals surface area contributed by atoms with Gasteiger partial charge in [-0.15, -0.1) is 0 Å². The second-order valence-electron chi connectivity index (χ2n) is 6.00. The molecule has 1 atom stereocenters. The number of rotatable bonds is 4. The first kappa shape index (κ1) is 17.2. The van der Waals surface area contributed by atoms with E-state index in [4.69, 9.17) is 11.6 Å². The summed E-state index contributed by atoms with van der Waals surface area (Å²) in [5.74, 6) is -0.657. The van der Waals surface area contributed by atoms with Gasteiger partial charge in [-0.05, 0) is 37.1 Å². The first-order chi connectivity index (χ1) is 12.0. The van der Waals surface area contributed by atoms with Gasteiger partial charge in [-0.1, -0.05) is 24.1 Å². The maximum Gasteiger partial charge on any atom is 0.288 e. The molecule has 1 aromatic heterocycles. The first-order valence-corrected chi connectivity index (χ1v) is 8.28. The number of Topliss-reactive ketones (excluding diaryl/α,β-unsaturated/α-hetero) is 2. The van der Waals surface area contributed by atoms with Crippen molar-refractivity contribution in [2.75, 3.05) is 0 Å². The third-order valence-corrected chi connectivity index (χ3v) is 4.90. The zero-order valence-electron chi connectivity index (χ0n) is 13.3. The highest BCUT2D eigenvalue weighted by molar-refractivity contribution is 6.33. The molecule has 2 aromatic rings. The van der Waals surface area contributed by atoms with E-state index >= 15 is 0 Å². The molecule has 25 heavy (non-hydrogen) atoms. The van der Waals surface area contributed by atoms with E-state index < -0.39 is 16.1 Å². The number of aromatic nitrogens is 1. The molecule has 0 bridgehead atoms. The number of nitro benzene ring substituents is 1. The van der Waals surface area contributed by atoms with Gasteiger partial charge in [0.15, 0.2) is 11.6 Å². The van der Waals surface area contributed by atoms with E-state index in [1.807, 2.05) is 0 Å². The van der Waals surface area contributed by atoms with Gasteiger partial charge in [-0.2, -0.15) is 0 Å². The van der Waals surface area contributed by atoms with Gasteiger partial charge in [-0.3, -0.25) is 24.7 Å². The van der Waals surface area contributed by atoms with Crippen LogP contribution in [0.25, 0.3) is 0 Å². The van der Waals surface area contributed by atoms with Gasteiger partial charge in [0.05, 0.1) is 10.6 Å². The molecule has 0 aliphatic heterocycles. The van der Waals surface area contributed by atoms with Gasteiger partial charge in [-0.25, -0.2) is 0 Å². The molecule has 1 aliphatic rings. The van der Waals surface area contributed by atoms with Crippen LogP contribution in [-0.4, -0.2) is 21.5 Å². The molecule has 0 amide bonds. The normalized spacial score (nSPS) is 20.3. The van der Waals surface area contributed by atoms with Crippen molar-refractivity contribution in [1.29, 1.82) is 0 Å². The molecule has 0 radical (unpaired) electrons. The van der Waals surface area contributed by atoms with Crippen molar-refractivity contribution in [3.8, 4) is 0 Å². The molecule has 1 heterocycles. The van der Waals surface area contributed by atoms with E-state index in [0.29, 0.717) is 18.5 Å². The molecule has 0 spiro atoms. The molecule has 0 N–H and O–H groups in total. The average Bonchev–Trinajstić information content (AvgIpc) is 2.62. The smallest absolute Gasteiger partial charge is 0.288 e. The van der Waals surface area contributed by atoms with Crippen LogP contribution in [0.1, 0.15) is 41.7 Å². The average molecular weight is 359 g/mol. The molecule has 128 valence electrons. The van der Waals surface area contributed by atoms with Crippen LogP contribution in [0.3, 0.4) is 0 Å². The number of nitro groups is 1. The fourth-order valence-corrected chi connectivity index (χ4v) is 3.50. The Hall–Kier alpha value is -2.60. The highest BCUT2D eigenvalue weighted by Gasteiger charge is 2.49. The lowest BCUT2D eigenvalue weighted by Crippen LogP contribution is -2.46. The second-order valence-corrected chi connectivity index (χ2v) is 6.41. The van der Waals surface area contributed by atoms with E-state index in [2.05, 4.69) is 4.98 Å². The maximum atomic E-state index is 13.3.